The van der Waals surface area contributed by atoms with Crippen LogP contribution in [0.2, 0.25) is 0 Å². The Bertz CT molecular complexity index is 1280. The van der Waals surface area contributed by atoms with Crippen molar-refractivity contribution in [3.63, 3.8) is 0 Å². The van der Waals surface area contributed by atoms with Gasteiger partial charge in [-0.2, -0.15) is 4.98 Å². The van der Waals surface area contributed by atoms with Crippen molar-refractivity contribution in [1.82, 2.24) is 15.5 Å². The largest absolute Gasteiger partial charge is 0.497 e. The monoisotopic (exact) mass is 585 g/mol. The first-order chi connectivity index (χ1) is 16.4. The van der Waals surface area contributed by atoms with E-state index in [1.807, 2.05) is 67.6 Å². The number of carbonyl (C=O) groups is 1. The predicted molar refractivity (Wildman–Crippen MR) is 135 cm³/mol. The van der Waals surface area contributed by atoms with Gasteiger partial charge in [-0.15, -0.1) is 0 Å². The van der Waals surface area contributed by atoms with Gasteiger partial charge < -0.3 is 19.3 Å². The molecule has 3 aromatic carbocycles. The van der Waals surface area contributed by atoms with Crippen LogP contribution in [0.25, 0.3) is 11.4 Å². The molecule has 7 nitrogen and oxygen atoms in total. The standard InChI is InChI=1S/C25H21Br2N3O4/c1-15-4-3-5-17(10-15)13-28-24(31)25-29-23(30-34-25)18-11-20(26)22(21(27)12-18)33-14-16-6-8-19(32-2)9-7-16/h3-12H,13-14H2,1-2H3,(H,28,31). The highest BCUT2D eigenvalue weighted by Crippen LogP contribution is 2.37. The minimum absolute atomic E-state index is 0.102. The number of carbonyl (C=O) groups excluding carboxylic acids is 1. The molecule has 0 saturated carbocycles. The van der Waals surface area contributed by atoms with E-state index in [1.54, 1.807) is 7.11 Å². The van der Waals surface area contributed by atoms with Crippen molar-refractivity contribution in [2.24, 2.45) is 0 Å². The number of methoxy groups -OCH3 is 1. The van der Waals surface area contributed by atoms with Gasteiger partial charge in [0, 0.05) is 12.1 Å². The van der Waals surface area contributed by atoms with Crippen LogP contribution in [0.15, 0.2) is 74.1 Å². The fourth-order valence-electron chi connectivity index (χ4n) is 3.22. The van der Waals surface area contributed by atoms with Crippen LogP contribution in [0.3, 0.4) is 0 Å². The summed E-state index contributed by atoms with van der Waals surface area (Å²) < 4.78 is 17.8. The maximum Gasteiger partial charge on any atom is 0.316 e. The summed E-state index contributed by atoms with van der Waals surface area (Å²) in [6.07, 6.45) is 0. The highest BCUT2D eigenvalue weighted by atomic mass is 79.9. The molecule has 1 heterocycles. The van der Waals surface area contributed by atoms with Crippen LogP contribution in [0.4, 0.5) is 0 Å². The summed E-state index contributed by atoms with van der Waals surface area (Å²) in [5.74, 6) is 1.19. The van der Waals surface area contributed by atoms with Crippen LogP contribution in [-0.4, -0.2) is 23.2 Å². The number of hydrogen-bond acceptors (Lipinski definition) is 6. The lowest BCUT2D eigenvalue weighted by atomic mass is 10.1. The Hall–Kier alpha value is -3.17. The van der Waals surface area contributed by atoms with Gasteiger partial charge in [-0.1, -0.05) is 47.1 Å². The molecule has 34 heavy (non-hydrogen) atoms. The zero-order valence-corrected chi connectivity index (χ0v) is 21.6. The predicted octanol–water partition coefficient (Wildman–Crippen LogP) is 6.09. The fourth-order valence-corrected chi connectivity index (χ4v) is 4.63. The lowest BCUT2D eigenvalue weighted by Crippen LogP contribution is -2.23. The second-order valence-electron chi connectivity index (χ2n) is 7.50. The smallest absolute Gasteiger partial charge is 0.316 e. The van der Waals surface area contributed by atoms with E-state index in [4.69, 9.17) is 14.0 Å². The van der Waals surface area contributed by atoms with Crippen LogP contribution in [0.1, 0.15) is 27.4 Å². The summed E-state index contributed by atoms with van der Waals surface area (Å²) in [6.45, 7) is 2.75. The Morgan fingerprint density at radius 2 is 1.76 bits per heavy atom. The molecule has 0 radical (unpaired) electrons. The Morgan fingerprint density at radius 1 is 1.03 bits per heavy atom. The third kappa shape index (κ3) is 5.84. The lowest BCUT2D eigenvalue weighted by molar-refractivity contribution is 0.0907. The molecule has 0 atom stereocenters. The van der Waals surface area contributed by atoms with Crippen LogP contribution in [0, 0.1) is 6.92 Å². The molecule has 0 fully saturated rings. The molecule has 1 N–H and O–H groups in total. The number of nitrogens with zero attached hydrogens (tertiary/aromatic N) is 2. The van der Waals surface area contributed by atoms with Gasteiger partial charge in [0.1, 0.15) is 18.1 Å². The molecule has 9 heteroatoms. The number of aryl methyl sites for hydroxylation is 1. The molecular formula is C25H21Br2N3O4. The van der Waals surface area contributed by atoms with Crippen LogP contribution >= 0.6 is 31.9 Å². The van der Waals surface area contributed by atoms with Crippen molar-refractivity contribution >= 4 is 37.8 Å². The number of rotatable bonds is 8. The number of hydrogen-bond donors (Lipinski definition) is 1. The van der Waals surface area contributed by atoms with Gasteiger partial charge in [0.2, 0.25) is 5.82 Å². The van der Waals surface area contributed by atoms with E-state index in [-0.39, 0.29) is 5.89 Å². The number of nitrogens with one attached hydrogen (secondary N) is 1. The summed E-state index contributed by atoms with van der Waals surface area (Å²) in [5, 5.41) is 6.75. The average Bonchev–Trinajstić information content (AvgIpc) is 3.33. The van der Waals surface area contributed by atoms with Gasteiger partial charge in [0.25, 0.3) is 0 Å². The van der Waals surface area contributed by atoms with E-state index in [2.05, 4.69) is 47.3 Å². The topological polar surface area (TPSA) is 86.5 Å². The summed E-state index contributed by atoms with van der Waals surface area (Å²) in [5.41, 5.74) is 3.78. The second kappa shape index (κ2) is 10.8. The maximum atomic E-state index is 12.4. The first kappa shape index (κ1) is 24.0. The Labute approximate surface area is 213 Å². The van der Waals surface area contributed by atoms with E-state index >= 15 is 0 Å². The molecule has 1 amide bonds. The van der Waals surface area contributed by atoms with E-state index in [0.717, 1.165) is 22.4 Å². The van der Waals surface area contributed by atoms with Crippen molar-refractivity contribution < 1.29 is 18.8 Å². The van der Waals surface area contributed by atoms with Crippen LogP contribution < -0.4 is 14.8 Å². The van der Waals surface area contributed by atoms with Crippen molar-refractivity contribution in [3.8, 4) is 22.9 Å². The van der Waals surface area contributed by atoms with E-state index < -0.39 is 5.91 Å². The number of amides is 1. The Kier molecular flexibility index (Phi) is 7.64. The highest BCUT2D eigenvalue weighted by molar-refractivity contribution is 9.11. The van der Waals surface area contributed by atoms with Gasteiger partial charge in [0.15, 0.2) is 0 Å². The normalized spacial score (nSPS) is 10.7. The molecule has 1 aromatic heterocycles. The van der Waals surface area contributed by atoms with Crippen LogP contribution in [-0.2, 0) is 13.2 Å². The highest BCUT2D eigenvalue weighted by Gasteiger charge is 2.18. The van der Waals surface area contributed by atoms with Gasteiger partial charge >= 0.3 is 11.8 Å². The molecule has 4 aromatic rings. The molecule has 4 rings (SSSR count). The summed E-state index contributed by atoms with van der Waals surface area (Å²) in [6, 6.07) is 19.2. The van der Waals surface area contributed by atoms with Crippen molar-refractivity contribution in [2.45, 2.75) is 20.1 Å². The average molecular weight is 587 g/mol. The first-order valence-electron chi connectivity index (χ1n) is 10.4. The molecule has 0 bridgehead atoms. The molecule has 0 aliphatic rings. The molecular weight excluding hydrogens is 566 g/mol. The molecule has 0 aliphatic heterocycles. The third-order valence-electron chi connectivity index (χ3n) is 4.95. The molecule has 174 valence electrons. The molecule has 0 aliphatic carbocycles. The van der Waals surface area contributed by atoms with Gasteiger partial charge in [-0.05, 0) is 74.2 Å². The van der Waals surface area contributed by atoms with Gasteiger partial charge in [-0.3, -0.25) is 4.79 Å². The quantitative estimate of drug-likeness (QED) is 0.269. The van der Waals surface area contributed by atoms with E-state index in [9.17, 15) is 4.79 Å². The van der Waals surface area contributed by atoms with E-state index in [0.29, 0.717) is 39.2 Å². The summed E-state index contributed by atoms with van der Waals surface area (Å²) >= 11 is 7.09. The number of aromatic nitrogens is 2. The minimum Gasteiger partial charge on any atom is -0.497 e. The molecule has 0 unspecified atom stereocenters. The first-order valence-corrected chi connectivity index (χ1v) is 11.9. The summed E-state index contributed by atoms with van der Waals surface area (Å²) in [4.78, 5) is 16.7. The summed E-state index contributed by atoms with van der Waals surface area (Å²) in [7, 11) is 1.63. The molecule has 0 spiro atoms. The third-order valence-corrected chi connectivity index (χ3v) is 6.13. The van der Waals surface area contributed by atoms with Crippen molar-refractivity contribution in [3.05, 3.63) is 92.2 Å². The zero-order chi connectivity index (χ0) is 24.1. The Balaban J connectivity index is 1.42. The zero-order valence-electron chi connectivity index (χ0n) is 18.5. The van der Waals surface area contributed by atoms with Gasteiger partial charge in [0.05, 0.1) is 16.1 Å². The van der Waals surface area contributed by atoms with E-state index in [1.165, 1.54) is 0 Å². The number of halogens is 2. The second-order valence-corrected chi connectivity index (χ2v) is 9.21. The minimum atomic E-state index is -0.433. The van der Waals surface area contributed by atoms with Crippen molar-refractivity contribution in [2.75, 3.05) is 7.11 Å². The fraction of sp³-hybridized carbons (Fsp3) is 0.160. The number of ether oxygens (including phenoxy) is 2. The molecule has 0 saturated heterocycles. The van der Waals surface area contributed by atoms with Crippen LogP contribution in [0.5, 0.6) is 11.5 Å². The van der Waals surface area contributed by atoms with Gasteiger partial charge in [-0.25, -0.2) is 0 Å². The Morgan fingerprint density at radius 3 is 2.44 bits per heavy atom. The lowest BCUT2D eigenvalue weighted by Gasteiger charge is -2.12. The number of benzene rings is 3. The SMILES string of the molecule is COc1ccc(COc2c(Br)cc(-c3noc(C(=O)NCc4cccc(C)c4)n3)cc2Br)cc1. The maximum absolute atomic E-state index is 12.4. The van der Waals surface area contributed by atoms with Crippen molar-refractivity contribution in [1.29, 1.82) is 0 Å².